The van der Waals surface area contributed by atoms with E-state index in [1.807, 2.05) is 6.07 Å². The fourth-order valence-corrected chi connectivity index (χ4v) is 3.45. The van der Waals surface area contributed by atoms with Gasteiger partial charge in [0.15, 0.2) is 0 Å². The van der Waals surface area contributed by atoms with E-state index in [-0.39, 0.29) is 6.10 Å². The number of nitrogens with zero attached hydrogens (tertiary/aromatic N) is 2. The van der Waals surface area contributed by atoms with Crippen LogP contribution >= 0.6 is 0 Å². The van der Waals surface area contributed by atoms with Crippen LogP contribution in [0, 0.1) is 5.92 Å². The molecule has 0 spiro atoms. The van der Waals surface area contributed by atoms with Gasteiger partial charge in [-0.2, -0.15) is 0 Å². The number of nitrogens with one attached hydrogen (secondary N) is 1. The Hall–Kier alpha value is -1.39. The van der Waals surface area contributed by atoms with Crippen molar-refractivity contribution in [3.8, 4) is 0 Å². The van der Waals surface area contributed by atoms with Crippen molar-refractivity contribution in [1.82, 2.24) is 14.9 Å². The number of hydrogen-bond acceptors (Lipinski definition) is 3. The summed E-state index contributed by atoms with van der Waals surface area (Å²) in [5, 5.41) is 13.3. The molecule has 0 bridgehead atoms. The Morgan fingerprint density at radius 2 is 2.19 bits per heavy atom. The highest BCUT2D eigenvalue weighted by Gasteiger charge is 2.19. The molecule has 4 nitrogen and oxygen atoms in total. The Balaban J connectivity index is 1.62. The van der Waals surface area contributed by atoms with Crippen molar-refractivity contribution in [2.45, 2.75) is 51.8 Å². The Bertz CT molecular complexity index is 593. The molecule has 2 aromatic rings. The monoisotopic (exact) mass is 287 g/mol. The van der Waals surface area contributed by atoms with E-state index in [0.29, 0.717) is 5.92 Å². The molecular formula is C17H25N3O. The van der Waals surface area contributed by atoms with E-state index in [4.69, 9.17) is 4.98 Å². The Morgan fingerprint density at radius 3 is 3.00 bits per heavy atom. The summed E-state index contributed by atoms with van der Waals surface area (Å²) >= 11 is 0. The van der Waals surface area contributed by atoms with Gasteiger partial charge >= 0.3 is 0 Å². The topological polar surface area (TPSA) is 50.1 Å². The molecular weight excluding hydrogens is 262 g/mol. The van der Waals surface area contributed by atoms with Gasteiger partial charge in [-0.15, -0.1) is 0 Å². The molecule has 1 fully saturated rings. The van der Waals surface area contributed by atoms with Gasteiger partial charge < -0.3 is 15.0 Å². The molecule has 1 aromatic heterocycles. The maximum atomic E-state index is 9.73. The summed E-state index contributed by atoms with van der Waals surface area (Å²) in [6.07, 6.45) is 4.21. The molecule has 2 atom stereocenters. The standard InChI is InChI=1S/C17H25N3O/c1-2-20-16-9-4-3-8-15(16)19-17(20)12-18-11-13-6-5-7-14(21)10-13/h3-4,8-9,13-14,18,21H,2,5-7,10-12H2,1H3. The first-order valence-corrected chi connectivity index (χ1v) is 8.11. The van der Waals surface area contributed by atoms with Gasteiger partial charge in [0.05, 0.1) is 23.7 Å². The van der Waals surface area contributed by atoms with Crippen LogP contribution in [0.1, 0.15) is 38.4 Å². The lowest BCUT2D eigenvalue weighted by molar-refractivity contribution is 0.100. The summed E-state index contributed by atoms with van der Waals surface area (Å²) in [6.45, 7) is 4.88. The number of para-hydroxylation sites is 2. The number of aryl methyl sites for hydroxylation is 1. The molecule has 114 valence electrons. The maximum Gasteiger partial charge on any atom is 0.123 e. The van der Waals surface area contributed by atoms with Crippen molar-refractivity contribution in [1.29, 1.82) is 0 Å². The highest BCUT2D eigenvalue weighted by molar-refractivity contribution is 5.75. The highest BCUT2D eigenvalue weighted by Crippen LogP contribution is 2.23. The molecule has 1 saturated carbocycles. The zero-order chi connectivity index (χ0) is 14.7. The third-order valence-electron chi connectivity index (χ3n) is 4.52. The molecule has 0 aliphatic heterocycles. The first-order valence-electron chi connectivity index (χ1n) is 8.11. The van der Waals surface area contributed by atoms with Crippen LogP contribution in [-0.2, 0) is 13.1 Å². The zero-order valence-electron chi connectivity index (χ0n) is 12.8. The summed E-state index contributed by atoms with van der Waals surface area (Å²) < 4.78 is 2.28. The second-order valence-corrected chi connectivity index (χ2v) is 6.08. The van der Waals surface area contributed by atoms with Crippen molar-refractivity contribution in [3.63, 3.8) is 0 Å². The van der Waals surface area contributed by atoms with Crippen LogP contribution in [0.15, 0.2) is 24.3 Å². The van der Waals surface area contributed by atoms with Gasteiger partial charge in [0, 0.05) is 6.54 Å². The Kier molecular flexibility index (Phi) is 4.56. The highest BCUT2D eigenvalue weighted by atomic mass is 16.3. The molecule has 1 aliphatic carbocycles. The lowest BCUT2D eigenvalue weighted by Crippen LogP contribution is -2.29. The molecule has 4 heteroatoms. The van der Waals surface area contributed by atoms with Crippen molar-refractivity contribution < 1.29 is 5.11 Å². The first-order chi connectivity index (χ1) is 10.3. The number of hydrogen-bond donors (Lipinski definition) is 2. The minimum absolute atomic E-state index is 0.0919. The summed E-state index contributed by atoms with van der Waals surface area (Å²) in [5.74, 6) is 1.71. The SMILES string of the molecule is CCn1c(CNCC2CCCC(O)C2)nc2ccccc21. The third kappa shape index (κ3) is 3.27. The predicted octanol–water partition coefficient (Wildman–Crippen LogP) is 2.70. The second-order valence-electron chi connectivity index (χ2n) is 6.08. The van der Waals surface area contributed by atoms with Gasteiger partial charge in [0.1, 0.15) is 5.82 Å². The molecule has 0 amide bonds. The van der Waals surface area contributed by atoms with Crippen molar-refractivity contribution in [3.05, 3.63) is 30.1 Å². The molecule has 21 heavy (non-hydrogen) atoms. The van der Waals surface area contributed by atoms with E-state index in [9.17, 15) is 5.11 Å². The lowest BCUT2D eigenvalue weighted by atomic mass is 9.87. The fourth-order valence-electron chi connectivity index (χ4n) is 3.45. The van der Waals surface area contributed by atoms with E-state index < -0.39 is 0 Å². The van der Waals surface area contributed by atoms with E-state index in [0.717, 1.165) is 50.2 Å². The van der Waals surface area contributed by atoms with Gasteiger partial charge in [-0.3, -0.25) is 0 Å². The average Bonchev–Trinajstić information content (AvgIpc) is 2.84. The van der Waals surface area contributed by atoms with E-state index in [2.05, 4.69) is 35.0 Å². The number of rotatable bonds is 5. The molecule has 0 radical (unpaired) electrons. The Morgan fingerprint density at radius 1 is 1.33 bits per heavy atom. The third-order valence-corrected chi connectivity index (χ3v) is 4.52. The van der Waals surface area contributed by atoms with Crippen molar-refractivity contribution >= 4 is 11.0 Å². The number of aromatic nitrogens is 2. The van der Waals surface area contributed by atoms with Gasteiger partial charge in [-0.1, -0.05) is 18.6 Å². The van der Waals surface area contributed by atoms with E-state index in [1.54, 1.807) is 0 Å². The quantitative estimate of drug-likeness (QED) is 0.889. The molecule has 3 rings (SSSR count). The second kappa shape index (κ2) is 6.58. The zero-order valence-corrected chi connectivity index (χ0v) is 12.8. The minimum atomic E-state index is -0.0919. The van der Waals surface area contributed by atoms with Crippen LogP contribution in [0.3, 0.4) is 0 Å². The number of fused-ring (bicyclic) bond motifs is 1. The van der Waals surface area contributed by atoms with Gasteiger partial charge in [-0.05, 0) is 50.8 Å². The smallest absolute Gasteiger partial charge is 0.123 e. The van der Waals surface area contributed by atoms with Crippen LogP contribution in [0.25, 0.3) is 11.0 Å². The van der Waals surface area contributed by atoms with Gasteiger partial charge in [0.25, 0.3) is 0 Å². The summed E-state index contributed by atoms with van der Waals surface area (Å²) in [7, 11) is 0. The minimum Gasteiger partial charge on any atom is -0.393 e. The molecule has 0 saturated heterocycles. The summed E-state index contributed by atoms with van der Waals surface area (Å²) in [5.41, 5.74) is 2.29. The number of aliphatic hydroxyl groups is 1. The number of benzene rings is 1. The van der Waals surface area contributed by atoms with Crippen LogP contribution in [0.2, 0.25) is 0 Å². The van der Waals surface area contributed by atoms with Crippen LogP contribution < -0.4 is 5.32 Å². The molecule has 2 N–H and O–H groups in total. The van der Waals surface area contributed by atoms with Crippen molar-refractivity contribution in [2.75, 3.05) is 6.54 Å². The molecule has 1 heterocycles. The molecule has 2 unspecified atom stereocenters. The fraction of sp³-hybridized carbons (Fsp3) is 0.588. The van der Waals surface area contributed by atoms with E-state index in [1.165, 1.54) is 11.9 Å². The van der Waals surface area contributed by atoms with Gasteiger partial charge in [-0.25, -0.2) is 4.98 Å². The molecule has 1 aromatic carbocycles. The van der Waals surface area contributed by atoms with Crippen LogP contribution in [0.4, 0.5) is 0 Å². The Labute approximate surface area is 126 Å². The van der Waals surface area contributed by atoms with Crippen LogP contribution in [0.5, 0.6) is 0 Å². The number of imidazole rings is 1. The van der Waals surface area contributed by atoms with Crippen molar-refractivity contribution in [2.24, 2.45) is 5.92 Å². The normalized spacial score (nSPS) is 22.8. The van der Waals surface area contributed by atoms with E-state index >= 15 is 0 Å². The summed E-state index contributed by atoms with van der Waals surface area (Å²) in [6, 6.07) is 8.31. The first kappa shape index (κ1) is 14.5. The average molecular weight is 287 g/mol. The van der Waals surface area contributed by atoms with Crippen LogP contribution in [-0.4, -0.2) is 27.3 Å². The number of aliphatic hydroxyl groups excluding tert-OH is 1. The predicted molar refractivity (Wildman–Crippen MR) is 85.1 cm³/mol. The maximum absolute atomic E-state index is 9.73. The van der Waals surface area contributed by atoms with Gasteiger partial charge in [0.2, 0.25) is 0 Å². The molecule has 1 aliphatic rings. The lowest BCUT2D eigenvalue weighted by Gasteiger charge is -2.25. The summed E-state index contributed by atoms with van der Waals surface area (Å²) in [4.78, 5) is 4.73. The largest absolute Gasteiger partial charge is 0.393 e.